The maximum Gasteiger partial charge on any atom is 0.243 e. The molecule has 0 fully saturated rings. The minimum Gasteiger partial charge on any atom is -0.486 e. The van der Waals surface area contributed by atoms with E-state index in [2.05, 4.69) is 5.32 Å². The van der Waals surface area contributed by atoms with Crippen molar-refractivity contribution in [1.82, 2.24) is 9.62 Å². The molecule has 2 aromatic carbocycles. The number of sulfonamides is 1. The van der Waals surface area contributed by atoms with Crippen molar-refractivity contribution in [2.75, 3.05) is 26.8 Å². The van der Waals surface area contributed by atoms with Gasteiger partial charge in [-0.1, -0.05) is 30.3 Å². The number of ether oxygens (including phenoxy) is 2. The van der Waals surface area contributed by atoms with Crippen LogP contribution < -0.4 is 14.8 Å². The Morgan fingerprint density at radius 2 is 1.77 bits per heavy atom. The maximum absolute atomic E-state index is 13.1. The SMILES string of the molecule is CNC(=O)CN(Cc1ccccc1)S(=O)(=O)c1ccc2c(c1)OCCO2. The van der Waals surface area contributed by atoms with E-state index in [0.717, 1.165) is 9.87 Å². The maximum atomic E-state index is 13.1. The molecule has 0 aromatic heterocycles. The zero-order chi connectivity index (χ0) is 18.6. The second-order valence-electron chi connectivity index (χ2n) is 5.74. The molecule has 0 spiro atoms. The lowest BCUT2D eigenvalue weighted by molar-refractivity contribution is -0.120. The minimum absolute atomic E-state index is 0.0570. The van der Waals surface area contributed by atoms with E-state index in [4.69, 9.17) is 9.47 Å². The first-order valence-electron chi connectivity index (χ1n) is 8.15. The molecule has 138 valence electrons. The summed E-state index contributed by atoms with van der Waals surface area (Å²) >= 11 is 0. The topological polar surface area (TPSA) is 84.9 Å². The molecule has 0 aliphatic carbocycles. The summed E-state index contributed by atoms with van der Waals surface area (Å²) in [7, 11) is -2.43. The molecule has 0 unspecified atom stereocenters. The summed E-state index contributed by atoms with van der Waals surface area (Å²) in [5, 5.41) is 2.46. The van der Waals surface area contributed by atoms with Crippen LogP contribution in [0.4, 0.5) is 0 Å². The molecule has 0 radical (unpaired) electrons. The van der Waals surface area contributed by atoms with Gasteiger partial charge in [0.05, 0.1) is 11.4 Å². The van der Waals surface area contributed by atoms with Crippen LogP contribution in [-0.4, -0.2) is 45.4 Å². The first kappa shape index (κ1) is 18.2. The minimum atomic E-state index is -3.90. The third-order valence-corrected chi connectivity index (χ3v) is 5.74. The molecular weight excluding hydrogens is 356 g/mol. The Labute approximate surface area is 152 Å². The van der Waals surface area contributed by atoms with Gasteiger partial charge in [0.1, 0.15) is 13.2 Å². The van der Waals surface area contributed by atoms with Crippen molar-refractivity contribution in [2.24, 2.45) is 0 Å². The van der Waals surface area contributed by atoms with Crippen LogP contribution in [0.15, 0.2) is 53.4 Å². The van der Waals surface area contributed by atoms with Gasteiger partial charge in [-0.15, -0.1) is 0 Å². The van der Waals surface area contributed by atoms with Gasteiger partial charge < -0.3 is 14.8 Å². The summed E-state index contributed by atoms with van der Waals surface area (Å²) in [5.41, 5.74) is 0.789. The molecule has 1 amide bonds. The number of benzene rings is 2. The molecule has 1 heterocycles. The van der Waals surface area contributed by atoms with Crippen molar-refractivity contribution in [1.29, 1.82) is 0 Å². The van der Waals surface area contributed by atoms with Gasteiger partial charge in [0, 0.05) is 19.7 Å². The van der Waals surface area contributed by atoms with Crippen LogP contribution in [0.5, 0.6) is 11.5 Å². The highest BCUT2D eigenvalue weighted by Crippen LogP contribution is 2.33. The number of amides is 1. The Morgan fingerprint density at radius 1 is 1.08 bits per heavy atom. The van der Waals surface area contributed by atoms with E-state index < -0.39 is 10.0 Å². The monoisotopic (exact) mass is 376 g/mol. The van der Waals surface area contributed by atoms with Crippen LogP contribution in [0.1, 0.15) is 5.56 Å². The highest BCUT2D eigenvalue weighted by atomic mass is 32.2. The molecule has 3 rings (SSSR count). The second kappa shape index (κ2) is 7.76. The zero-order valence-corrected chi connectivity index (χ0v) is 15.2. The largest absolute Gasteiger partial charge is 0.486 e. The van der Waals surface area contributed by atoms with Crippen LogP contribution in [0, 0.1) is 0 Å². The molecule has 1 N–H and O–H groups in total. The summed E-state index contributed by atoms with van der Waals surface area (Å²) in [6, 6.07) is 13.6. The Kier molecular flexibility index (Phi) is 5.43. The number of nitrogens with one attached hydrogen (secondary N) is 1. The molecule has 0 atom stereocenters. The first-order chi connectivity index (χ1) is 12.5. The Balaban J connectivity index is 1.94. The molecule has 0 saturated heterocycles. The summed E-state index contributed by atoms with van der Waals surface area (Å²) in [4.78, 5) is 11.9. The number of hydrogen-bond acceptors (Lipinski definition) is 5. The molecule has 1 aliphatic rings. The summed E-state index contributed by atoms with van der Waals surface area (Å²) in [5.74, 6) is 0.509. The van der Waals surface area contributed by atoms with Crippen molar-refractivity contribution in [3.05, 3.63) is 54.1 Å². The lowest BCUT2D eigenvalue weighted by Gasteiger charge is -2.23. The van der Waals surface area contributed by atoms with E-state index in [9.17, 15) is 13.2 Å². The Morgan fingerprint density at radius 3 is 2.46 bits per heavy atom. The summed E-state index contributed by atoms with van der Waals surface area (Å²) in [6.45, 7) is 0.603. The molecule has 26 heavy (non-hydrogen) atoms. The third kappa shape index (κ3) is 3.97. The molecular formula is C18H20N2O5S. The zero-order valence-electron chi connectivity index (χ0n) is 14.3. The average molecular weight is 376 g/mol. The number of rotatable bonds is 6. The number of carbonyl (C=O) groups is 1. The second-order valence-corrected chi connectivity index (χ2v) is 7.68. The number of fused-ring (bicyclic) bond motifs is 1. The fourth-order valence-corrected chi connectivity index (χ4v) is 3.99. The normalized spacial score (nSPS) is 13.5. The van der Waals surface area contributed by atoms with Gasteiger partial charge in [0.25, 0.3) is 0 Å². The van der Waals surface area contributed by atoms with Gasteiger partial charge >= 0.3 is 0 Å². The van der Waals surface area contributed by atoms with Gasteiger partial charge in [0.2, 0.25) is 15.9 Å². The molecule has 1 aliphatic heterocycles. The quantitative estimate of drug-likeness (QED) is 0.824. The van der Waals surface area contributed by atoms with Crippen molar-refractivity contribution in [3.8, 4) is 11.5 Å². The summed E-state index contributed by atoms with van der Waals surface area (Å²) < 4.78 is 38.3. The fraction of sp³-hybridized carbons (Fsp3) is 0.278. The van der Waals surface area contributed by atoms with Gasteiger partial charge in [-0.2, -0.15) is 4.31 Å². The lowest BCUT2D eigenvalue weighted by Crippen LogP contribution is -2.39. The van der Waals surface area contributed by atoms with Gasteiger partial charge in [-0.05, 0) is 17.7 Å². The third-order valence-electron chi connectivity index (χ3n) is 3.95. The lowest BCUT2D eigenvalue weighted by atomic mass is 10.2. The van der Waals surface area contributed by atoms with E-state index in [1.165, 1.54) is 19.2 Å². The smallest absolute Gasteiger partial charge is 0.243 e. The Bertz CT molecular complexity index is 884. The molecule has 2 aromatic rings. The number of likely N-dealkylation sites (N-methyl/N-ethyl adjacent to an activating group) is 1. The van der Waals surface area contributed by atoms with E-state index in [1.54, 1.807) is 6.07 Å². The van der Waals surface area contributed by atoms with Crippen molar-refractivity contribution < 1.29 is 22.7 Å². The van der Waals surface area contributed by atoms with Gasteiger partial charge in [0.15, 0.2) is 11.5 Å². The van der Waals surface area contributed by atoms with Crippen LogP contribution in [0.2, 0.25) is 0 Å². The molecule has 8 heteroatoms. The van der Waals surface area contributed by atoms with Gasteiger partial charge in [-0.3, -0.25) is 4.79 Å². The van der Waals surface area contributed by atoms with E-state index in [-0.39, 0.29) is 23.9 Å². The number of hydrogen-bond donors (Lipinski definition) is 1. The predicted molar refractivity (Wildman–Crippen MR) is 95.5 cm³/mol. The highest BCUT2D eigenvalue weighted by Gasteiger charge is 2.28. The van der Waals surface area contributed by atoms with Crippen LogP contribution >= 0.6 is 0 Å². The fourth-order valence-electron chi connectivity index (χ4n) is 2.59. The molecule has 7 nitrogen and oxygen atoms in total. The van der Waals surface area contributed by atoms with Crippen molar-refractivity contribution >= 4 is 15.9 Å². The summed E-state index contributed by atoms with van der Waals surface area (Å²) in [6.07, 6.45) is 0. The first-order valence-corrected chi connectivity index (χ1v) is 9.59. The standard InChI is InChI=1S/C18H20N2O5S/c1-19-18(21)13-20(12-14-5-3-2-4-6-14)26(22,23)15-7-8-16-17(11-15)25-10-9-24-16/h2-8,11H,9-10,12-13H2,1H3,(H,19,21). The van der Waals surface area contributed by atoms with E-state index >= 15 is 0 Å². The van der Waals surface area contributed by atoms with Crippen LogP contribution in [0.25, 0.3) is 0 Å². The Hall–Kier alpha value is -2.58. The van der Waals surface area contributed by atoms with Crippen molar-refractivity contribution in [3.63, 3.8) is 0 Å². The van der Waals surface area contributed by atoms with Crippen LogP contribution in [-0.2, 0) is 21.4 Å². The van der Waals surface area contributed by atoms with Crippen LogP contribution in [0.3, 0.4) is 0 Å². The predicted octanol–water partition coefficient (Wildman–Crippen LogP) is 1.39. The van der Waals surface area contributed by atoms with Crippen molar-refractivity contribution in [2.45, 2.75) is 11.4 Å². The van der Waals surface area contributed by atoms with Gasteiger partial charge in [-0.25, -0.2) is 8.42 Å². The number of nitrogens with zero attached hydrogens (tertiary/aromatic N) is 1. The average Bonchev–Trinajstić information content (AvgIpc) is 2.67. The molecule has 0 saturated carbocycles. The van der Waals surface area contributed by atoms with E-state index in [0.29, 0.717) is 24.7 Å². The number of carbonyl (C=O) groups excluding carboxylic acids is 1. The highest BCUT2D eigenvalue weighted by molar-refractivity contribution is 7.89. The van der Waals surface area contributed by atoms with E-state index in [1.807, 2.05) is 30.3 Å². The molecule has 0 bridgehead atoms.